The van der Waals surface area contributed by atoms with Crippen molar-refractivity contribution < 1.29 is 0 Å². The van der Waals surface area contributed by atoms with E-state index in [0.29, 0.717) is 0 Å². The minimum absolute atomic E-state index is 0.813. The Labute approximate surface area is 103 Å². The van der Waals surface area contributed by atoms with Crippen LogP contribution in [-0.4, -0.2) is 23.1 Å². The van der Waals surface area contributed by atoms with E-state index in [1.807, 2.05) is 13.0 Å². The number of aromatic nitrogens is 2. The molecule has 0 saturated heterocycles. The fourth-order valence-electron chi connectivity index (χ4n) is 1.94. The summed E-state index contributed by atoms with van der Waals surface area (Å²) >= 11 is 0. The van der Waals surface area contributed by atoms with Gasteiger partial charge in [0, 0.05) is 19.2 Å². The molecule has 94 valence electrons. The summed E-state index contributed by atoms with van der Waals surface area (Å²) in [6, 6.07) is 1.98. The number of rotatable bonds is 7. The molecule has 1 aliphatic rings. The molecule has 4 heteroatoms. The van der Waals surface area contributed by atoms with Crippen LogP contribution in [0.2, 0.25) is 0 Å². The van der Waals surface area contributed by atoms with Crippen molar-refractivity contribution >= 4 is 11.6 Å². The first-order chi connectivity index (χ1) is 8.28. The lowest BCUT2D eigenvalue weighted by molar-refractivity contribution is 0.686. The summed E-state index contributed by atoms with van der Waals surface area (Å²) in [5, 5.41) is 6.59. The lowest BCUT2D eigenvalue weighted by Gasteiger charge is -2.08. The summed E-state index contributed by atoms with van der Waals surface area (Å²) in [6.45, 7) is 5.90. The van der Waals surface area contributed by atoms with Crippen LogP contribution in [0.4, 0.5) is 11.6 Å². The number of nitrogens with one attached hydrogen (secondary N) is 2. The zero-order chi connectivity index (χ0) is 12.1. The SMILES string of the molecule is CCNc1cc(NCCCC2CC2)nc(C)n1. The summed E-state index contributed by atoms with van der Waals surface area (Å²) in [5.74, 6) is 3.67. The lowest BCUT2D eigenvalue weighted by Crippen LogP contribution is -2.07. The Hall–Kier alpha value is -1.32. The van der Waals surface area contributed by atoms with Crippen molar-refractivity contribution in [2.75, 3.05) is 23.7 Å². The third-order valence-corrected chi connectivity index (χ3v) is 2.99. The molecule has 2 rings (SSSR count). The van der Waals surface area contributed by atoms with Gasteiger partial charge in [0.05, 0.1) is 0 Å². The van der Waals surface area contributed by atoms with E-state index >= 15 is 0 Å². The van der Waals surface area contributed by atoms with Crippen molar-refractivity contribution in [3.8, 4) is 0 Å². The quantitative estimate of drug-likeness (QED) is 0.712. The van der Waals surface area contributed by atoms with E-state index in [9.17, 15) is 0 Å². The van der Waals surface area contributed by atoms with Crippen LogP contribution >= 0.6 is 0 Å². The summed E-state index contributed by atoms with van der Waals surface area (Å²) in [5.41, 5.74) is 0. The molecule has 0 radical (unpaired) electrons. The first kappa shape index (κ1) is 12.1. The first-order valence-corrected chi connectivity index (χ1v) is 6.61. The molecule has 1 saturated carbocycles. The van der Waals surface area contributed by atoms with Crippen molar-refractivity contribution in [1.29, 1.82) is 0 Å². The summed E-state index contributed by atoms with van der Waals surface area (Å²) in [7, 11) is 0. The molecule has 0 aromatic carbocycles. The Bertz CT molecular complexity index is 360. The van der Waals surface area contributed by atoms with Gasteiger partial charge in [0.2, 0.25) is 0 Å². The molecule has 1 fully saturated rings. The van der Waals surface area contributed by atoms with Crippen LogP contribution < -0.4 is 10.6 Å². The van der Waals surface area contributed by atoms with Gasteiger partial charge in [-0.05, 0) is 32.6 Å². The Kier molecular flexibility index (Phi) is 4.18. The summed E-state index contributed by atoms with van der Waals surface area (Å²) in [6.07, 6.45) is 5.48. The van der Waals surface area contributed by atoms with Gasteiger partial charge < -0.3 is 10.6 Å². The molecular weight excluding hydrogens is 212 g/mol. The number of anilines is 2. The Morgan fingerprint density at radius 2 is 1.94 bits per heavy atom. The minimum Gasteiger partial charge on any atom is -0.370 e. The Morgan fingerprint density at radius 3 is 2.59 bits per heavy atom. The molecule has 1 aromatic heterocycles. The maximum atomic E-state index is 4.39. The fraction of sp³-hybridized carbons (Fsp3) is 0.692. The van der Waals surface area contributed by atoms with Gasteiger partial charge in [-0.2, -0.15) is 0 Å². The highest BCUT2D eigenvalue weighted by molar-refractivity contribution is 5.47. The van der Waals surface area contributed by atoms with Crippen LogP contribution in [0.5, 0.6) is 0 Å². The van der Waals surface area contributed by atoms with Crippen molar-refractivity contribution in [2.24, 2.45) is 5.92 Å². The van der Waals surface area contributed by atoms with Crippen molar-refractivity contribution in [2.45, 2.75) is 39.5 Å². The predicted molar refractivity (Wildman–Crippen MR) is 71.4 cm³/mol. The van der Waals surface area contributed by atoms with Crippen LogP contribution in [0.1, 0.15) is 38.4 Å². The monoisotopic (exact) mass is 234 g/mol. The van der Waals surface area contributed by atoms with E-state index in [4.69, 9.17) is 0 Å². The molecule has 1 aromatic rings. The molecule has 0 bridgehead atoms. The third kappa shape index (κ3) is 4.21. The van der Waals surface area contributed by atoms with Gasteiger partial charge in [0.25, 0.3) is 0 Å². The molecule has 0 unspecified atom stereocenters. The van der Waals surface area contributed by atoms with Gasteiger partial charge in [-0.15, -0.1) is 0 Å². The third-order valence-electron chi connectivity index (χ3n) is 2.99. The predicted octanol–water partition coefficient (Wildman–Crippen LogP) is 2.82. The average molecular weight is 234 g/mol. The van der Waals surface area contributed by atoms with Crippen molar-refractivity contribution in [3.63, 3.8) is 0 Å². The lowest BCUT2D eigenvalue weighted by atomic mass is 10.2. The zero-order valence-corrected chi connectivity index (χ0v) is 10.8. The van der Waals surface area contributed by atoms with Crippen LogP contribution in [0.3, 0.4) is 0 Å². The number of hydrogen-bond donors (Lipinski definition) is 2. The fourth-order valence-corrected chi connectivity index (χ4v) is 1.94. The molecule has 1 heterocycles. The van der Waals surface area contributed by atoms with Crippen molar-refractivity contribution in [3.05, 3.63) is 11.9 Å². The van der Waals surface area contributed by atoms with Gasteiger partial charge in [-0.25, -0.2) is 9.97 Å². The molecule has 0 spiro atoms. The van der Waals surface area contributed by atoms with Gasteiger partial charge in [-0.3, -0.25) is 0 Å². The Morgan fingerprint density at radius 1 is 1.24 bits per heavy atom. The zero-order valence-electron chi connectivity index (χ0n) is 10.8. The van der Waals surface area contributed by atoms with Crippen molar-refractivity contribution in [1.82, 2.24) is 9.97 Å². The van der Waals surface area contributed by atoms with Crippen LogP contribution in [-0.2, 0) is 0 Å². The van der Waals surface area contributed by atoms with E-state index in [1.165, 1.54) is 25.7 Å². The average Bonchev–Trinajstić information content (AvgIpc) is 3.08. The van der Waals surface area contributed by atoms with Gasteiger partial charge in [0.1, 0.15) is 17.5 Å². The second-order valence-electron chi connectivity index (χ2n) is 4.73. The number of nitrogens with zero attached hydrogens (tertiary/aromatic N) is 2. The second-order valence-corrected chi connectivity index (χ2v) is 4.73. The van der Waals surface area contributed by atoms with E-state index in [1.54, 1.807) is 0 Å². The van der Waals surface area contributed by atoms with Crippen LogP contribution in [0.15, 0.2) is 6.07 Å². The molecule has 2 N–H and O–H groups in total. The van der Waals surface area contributed by atoms with E-state index < -0.39 is 0 Å². The number of hydrogen-bond acceptors (Lipinski definition) is 4. The standard InChI is InChI=1S/C13H22N4/c1-3-14-12-9-13(17-10(2)16-12)15-8-4-5-11-6-7-11/h9,11H,3-8H2,1-2H3,(H2,14,15,16,17). The highest BCUT2D eigenvalue weighted by Crippen LogP contribution is 2.33. The van der Waals surface area contributed by atoms with Gasteiger partial charge in [-0.1, -0.05) is 12.8 Å². The number of aryl methyl sites for hydroxylation is 1. The van der Waals surface area contributed by atoms with Crippen LogP contribution in [0.25, 0.3) is 0 Å². The molecule has 0 atom stereocenters. The second kappa shape index (κ2) is 5.84. The molecule has 17 heavy (non-hydrogen) atoms. The topological polar surface area (TPSA) is 49.8 Å². The van der Waals surface area contributed by atoms with E-state index in [2.05, 4.69) is 27.5 Å². The van der Waals surface area contributed by atoms with Gasteiger partial charge >= 0.3 is 0 Å². The normalized spacial score (nSPS) is 14.7. The van der Waals surface area contributed by atoms with E-state index in [0.717, 1.165) is 36.5 Å². The molecule has 4 nitrogen and oxygen atoms in total. The summed E-state index contributed by atoms with van der Waals surface area (Å²) < 4.78 is 0. The first-order valence-electron chi connectivity index (χ1n) is 6.61. The molecule has 0 amide bonds. The minimum atomic E-state index is 0.813. The largest absolute Gasteiger partial charge is 0.370 e. The highest BCUT2D eigenvalue weighted by atomic mass is 15.1. The maximum Gasteiger partial charge on any atom is 0.131 e. The van der Waals surface area contributed by atoms with E-state index in [-0.39, 0.29) is 0 Å². The Balaban J connectivity index is 1.80. The molecular formula is C13H22N4. The van der Waals surface area contributed by atoms with Crippen LogP contribution in [0, 0.1) is 12.8 Å². The molecule has 1 aliphatic carbocycles. The van der Waals surface area contributed by atoms with Gasteiger partial charge in [0.15, 0.2) is 0 Å². The maximum absolute atomic E-state index is 4.39. The summed E-state index contributed by atoms with van der Waals surface area (Å²) in [4.78, 5) is 8.71. The smallest absolute Gasteiger partial charge is 0.131 e. The molecule has 0 aliphatic heterocycles. The highest BCUT2D eigenvalue weighted by Gasteiger charge is 2.19.